The number of nitrogens with zero attached hydrogens (tertiary/aromatic N) is 2. The summed E-state index contributed by atoms with van der Waals surface area (Å²) in [5.74, 6) is -1.36. The molecule has 0 bridgehead atoms. The van der Waals surface area contributed by atoms with Gasteiger partial charge in [-0.15, -0.1) is 0 Å². The van der Waals surface area contributed by atoms with Crippen LogP contribution in [-0.2, 0) is 11.3 Å². The summed E-state index contributed by atoms with van der Waals surface area (Å²) < 4.78 is 7.92. The zero-order chi connectivity index (χ0) is 16.9. The van der Waals surface area contributed by atoms with Crippen LogP contribution in [0, 0.1) is 0 Å². The third kappa shape index (κ3) is 2.88. The van der Waals surface area contributed by atoms with E-state index in [0.717, 1.165) is 19.4 Å². The topological polar surface area (TPSA) is 76.4 Å². The van der Waals surface area contributed by atoms with Gasteiger partial charge in [-0.05, 0) is 47.4 Å². The molecule has 2 N–H and O–H groups in total. The Kier molecular flexibility index (Phi) is 4.17. The number of nitrogens with one attached hydrogen (secondary N) is 1. The van der Waals surface area contributed by atoms with Crippen molar-refractivity contribution in [1.82, 2.24) is 14.9 Å². The number of rotatable bonds is 2. The molecule has 2 saturated heterocycles. The van der Waals surface area contributed by atoms with E-state index >= 15 is 0 Å². The third-order valence-corrected chi connectivity index (χ3v) is 5.91. The molecule has 0 spiro atoms. The number of fused-ring (bicyclic) bond motifs is 2. The second-order valence-electron chi connectivity index (χ2n) is 6.47. The number of benzene rings is 1. The summed E-state index contributed by atoms with van der Waals surface area (Å²) in [6, 6.07) is 3.44. The van der Waals surface area contributed by atoms with Crippen molar-refractivity contribution >= 4 is 38.4 Å². The van der Waals surface area contributed by atoms with Gasteiger partial charge in [0.1, 0.15) is 0 Å². The van der Waals surface area contributed by atoms with Crippen molar-refractivity contribution in [2.75, 3.05) is 6.54 Å². The lowest BCUT2D eigenvalue weighted by Crippen LogP contribution is -2.41. The first-order chi connectivity index (χ1) is 11.5. The molecule has 6 nitrogen and oxygen atoms in total. The van der Waals surface area contributed by atoms with Gasteiger partial charge in [-0.3, -0.25) is 9.36 Å². The molecule has 1 aromatic heterocycles. The van der Waals surface area contributed by atoms with Crippen LogP contribution in [-0.4, -0.2) is 39.1 Å². The molecule has 4 rings (SSSR count). The van der Waals surface area contributed by atoms with Gasteiger partial charge >= 0.3 is 0 Å². The minimum atomic E-state index is -1.36. The average molecular weight is 415 g/mol. The van der Waals surface area contributed by atoms with Crippen LogP contribution in [0.15, 0.2) is 27.7 Å². The average Bonchev–Trinajstić information content (AvgIpc) is 2.88. The fourth-order valence-corrected chi connectivity index (χ4v) is 4.07. The largest absolute Gasteiger partial charge is 0.364 e. The smallest absolute Gasteiger partial charge is 0.261 e. The van der Waals surface area contributed by atoms with Gasteiger partial charge in [-0.2, -0.15) is 0 Å². The van der Waals surface area contributed by atoms with Gasteiger partial charge < -0.3 is 15.2 Å². The first-order valence-electron chi connectivity index (χ1n) is 7.93. The van der Waals surface area contributed by atoms with Crippen LogP contribution in [0.2, 0.25) is 5.02 Å². The lowest BCUT2D eigenvalue weighted by molar-refractivity contribution is -0.202. The van der Waals surface area contributed by atoms with Crippen molar-refractivity contribution in [1.29, 1.82) is 0 Å². The molecule has 128 valence electrons. The Balaban J connectivity index is 1.66. The van der Waals surface area contributed by atoms with E-state index in [1.54, 1.807) is 12.1 Å². The van der Waals surface area contributed by atoms with Gasteiger partial charge in [0.05, 0.1) is 34.9 Å². The van der Waals surface area contributed by atoms with E-state index in [1.807, 2.05) is 0 Å². The van der Waals surface area contributed by atoms with Crippen LogP contribution < -0.4 is 10.9 Å². The maximum Gasteiger partial charge on any atom is 0.261 e. The van der Waals surface area contributed by atoms with Crippen molar-refractivity contribution in [2.45, 2.75) is 43.7 Å². The van der Waals surface area contributed by atoms with E-state index in [9.17, 15) is 9.90 Å². The molecule has 0 aliphatic carbocycles. The van der Waals surface area contributed by atoms with Crippen LogP contribution >= 0.6 is 27.5 Å². The molecule has 3 heterocycles. The zero-order valence-corrected chi connectivity index (χ0v) is 15.2. The zero-order valence-electron chi connectivity index (χ0n) is 12.8. The molecule has 0 saturated carbocycles. The molecule has 0 amide bonds. The summed E-state index contributed by atoms with van der Waals surface area (Å²) in [7, 11) is 0. The highest BCUT2D eigenvalue weighted by atomic mass is 79.9. The highest BCUT2D eigenvalue weighted by Gasteiger charge is 2.46. The van der Waals surface area contributed by atoms with Gasteiger partial charge in [-0.25, -0.2) is 4.98 Å². The van der Waals surface area contributed by atoms with E-state index in [0.29, 0.717) is 26.8 Å². The van der Waals surface area contributed by atoms with Gasteiger partial charge in [-0.1, -0.05) is 11.6 Å². The SMILES string of the molecule is O=c1c2cc(Cl)c(Br)cc2ncn1CC1(O)C[C@@H]2NCCC[C@@H]2O1. The predicted molar refractivity (Wildman–Crippen MR) is 94.2 cm³/mol. The molecule has 2 aliphatic heterocycles. The summed E-state index contributed by atoms with van der Waals surface area (Å²) in [6.45, 7) is 0.989. The molecular formula is C16H17BrClN3O3. The van der Waals surface area contributed by atoms with Crippen molar-refractivity contribution in [2.24, 2.45) is 0 Å². The van der Waals surface area contributed by atoms with E-state index in [-0.39, 0.29) is 24.2 Å². The van der Waals surface area contributed by atoms with Gasteiger partial charge in [0, 0.05) is 16.9 Å². The number of aromatic nitrogens is 2. The summed E-state index contributed by atoms with van der Waals surface area (Å²) in [4.78, 5) is 17.0. The summed E-state index contributed by atoms with van der Waals surface area (Å²) >= 11 is 9.41. The van der Waals surface area contributed by atoms with E-state index < -0.39 is 5.79 Å². The number of hydrogen-bond donors (Lipinski definition) is 2. The number of piperidine rings is 1. The summed E-state index contributed by atoms with van der Waals surface area (Å²) in [5.41, 5.74) is 0.316. The van der Waals surface area contributed by atoms with Gasteiger partial charge in [0.2, 0.25) is 0 Å². The monoisotopic (exact) mass is 413 g/mol. The maximum atomic E-state index is 12.7. The summed E-state index contributed by atoms with van der Waals surface area (Å²) in [5, 5.41) is 15.0. The standard InChI is InChI=1S/C16H17BrClN3O3/c17-10-5-12-9(4-11(10)18)15(22)21(8-20-12)7-16(23)6-13-14(24-16)2-1-3-19-13/h4-5,8,13-14,19,23H,1-3,6-7H2/t13-,14-,16?/m0/s1. The molecule has 1 aromatic carbocycles. The molecule has 3 atom stereocenters. The Morgan fingerprint density at radius 3 is 3.17 bits per heavy atom. The van der Waals surface area contributed by atoms with Crippen LogP contribution in [0.5, 0.6) is 0 Å². The molecule has 0 radical (unpaired) electrons. The highest BCUT2D eigenvalue weighted by molar-refractivity contribution is 9.10. The quantitative estimate of drug-likeness (QED) is 0.786. The molecule has 8 heteroatoms. The second-order valence-corrected chi connectivity index (χ2v) is 7.73. The first-order valence-corrected chi connectivity index (χ1v) is 9.10. The minimum Gasteiger partial charge on any atom is -0.364 e. The molecule has 2 aromatic rings. The molecular weight excluding hydrogens is 398 g/mol. The van der Waals surface area contributed by atoms with E-state index in [2.05, 4.69) is 26.2 Å². The van der Waals surface area contributed by atoms with Crippen molar-refractivity contribution in [3.05, 3.63) is 38.3 Å². The van der Waals surface area contributed by atoms with Crippen LogP contribution in [0.1, 0.15) is 19.3 Å². The van der Waals surface area contributed by atoms with E-state index in [4.69, 9.17) is 16.3 Å². The van der Waals surface area contributed by atoms with E-state index in [1.165, 1.54) is 10.9 Å². The molecule has 2 aliphatic rings. The Hall–Kier alpha value is -0.990. The number of halogens is 2. The van der Waals surface area contributed by atoms with Crippen molar-refractivity contribution in [3.8, 4) is 0 Å². The van der Waals surface area contributed by atoms with Crippen LogP contribution in [0.3, 0.4) is 0 Å². The molecule has 24 heavy (non-hydrogen) atoms. The predicted octanol–water partition coefficient (Wildman–Crippen LogP) is 2.04. The second kappa shape index (κ2) is 6.07. The van der Waals surface area contributed by atoms with Crippen molar-refractivity contribution < 1.29 is 9.84 Å². The Bertz CT molecular complexity index is 842. The number of ether oxygens (including phenoxy) is 1. The van der Waals surface area contributed by atoms with Crippen LogP contribution in [0.25, 0.3) is 10.9 Å². The summed E-state index contributed by atoms with van der Waals surface area (Å²) in [6.07, 6.45) is 3.86. The first kappa shape index (κ1) is 16.5. The fraction of sp³-hybridized carbons (Fsp3) is 0.500. The maximum absolute atomic E-state index is 12.7. The Morgan fingerprint density at radius 1 is 1.54 bits per heavy atom. The number of aliphatic hydroxyl groups is 1. The van der Waals surface area contributed by atoms with Gasteiger partial charge in [0.25, 0.3) is 5.56 Å². The lowest BCUT2D eigenvalue weighted by Gasteiger charge is -2.25. The van der Waals surface area contributed by atoms with Gasteiger partial charge in [0.15, 0.2) is 5.79 Å². The lowest BCUT2D eigenvalue weighted by atomic mass is 9.99. The highest BCUT2D eigenvalue weighted by Crippen LogP contribution is 2.34. The Labute approximate surface area is 151 Å². The fourth-order valence-electron chi connectivity index (χ4n) is 3.58. The number of hydrogen-bond acceptors (Lipinski definition) is 5. The Morgan fingerprint density at radius 2 is 2.38 bits per heavy atom. The third-order valence-electron chi connectivity index (χ3n) is 4.71. The molecule has 2 fully saturated rings. The van der Waals surface area contributed by atoms with Crippen molar-refractivity contribution in [3.63, 3.8) is 0 Å². The van der Waals surface area contributed by atoms with Crippen LogP contribution in [0.4, 0.5) is 0 Å². The minimum absolute atomic E-state index is 0.00160. The normalized spacial score (nSPS) is 29.8. The molecule has 1 unspecified atom stereocenters.